The van der Waals surface area contributed by atoms with Crippen LogP contribution < -0.4 is 35.6 Å². The summed E-state index contributed by atoms with van der Waals surface area (Å²) >= 11 is 0. The lowest BCUT2D eigenvalue weighted by atomic mass is 9.95. The van der Waals surface area contributed by atoms with Gasteiger partial charge in [-0.05, 0) is 83.2 Å². The zero-order valence-corrected chi connectivity index (χ0v) is 25.1. The average Bonchev–Trinajstić information content (AvgIpc) is 3.06. The van der Waals surface area contributed by atoms with Crippen LogP contribution in [-0.2, 0) is 11.3 Å². The van der Waals surface area contributed by atoms with Crippen LogP contribution in [0.3, 0.4) is 0 Å². The third kappa shape index (κ3) is 5.57. The lowest BCUT2D eigenvalue weighted by Gasteiger charge is -2.21. The second kappa shape index (κ2) is 12.7. The number of methoxy groups -OCH3 is 4. The quantitative estimate of drug-likeness (QED) is 0.155. The number of ether oxygens (including phenoxy) is 5. The van der Waals surface area contributed by atoms with Crippen molar-refractivity contribution in [2.75, 3.05) is 46.5 Å². The Bertz CT molecular complexity index is 1870. The Morgan fingerprint density at radius 3 is 2.16 bits per heavy atom. The molecule has 226 valence electrons. The molecule has 1 heterocycles. The Morgan fingerprint density at radius 2 is 1.55 bits per heavy atom. The number of nitrogens with zero attached hydrogens (tertiary/aromatic N) is 1. The molecule has 0 spiro atoms. The van der Waals surface area contributed by atoms with Gasteiger partial charge in [-0.2, -0.15) is 0 Å². The summed E-state index contributed by atoms with van der Waals surface area (Å²) in [6.07, 6.45) is 0. The van der Waals surface area contributed by atoms with Gasteiger partial charge in [-0.15, -0.1) is 0 Å². The first kappa shape index (κ1) is 29.8. The van der Waals surface area contributed by atoms with Crippen molar-refractivity contribution in [2.45, 2.75) is 6.61 Å². The molecule has 4 aromatic carbocycles. The fourth-order valence-corrected chi connectivity index (χ4v) is 5.13. The number of pyridine rings is 1. The van der Waals surface area contributed by atoms with E-state index in [2.05, 4.69) is 5.32 Å². The Kier molecular flexibility index (Phi) is 8.61. The molecule has 0 saturated heterocycles. The zero-order valence-electron chi connectivity index (χ0n) is 25.1. The van der Waals surface area contributed by atoms with Gasteiger partial charge in [0, 0.05) is 29.7 Å². The lowest BCUT2D eigenvalue weighted by molar-refractivity contribution is 0.0591. The van der Waals surface area contributed by atoms with E-state index < -0.39 is 11.5 Å². The van der Waals surface area contributed by atoms with Crippen molar-refractivity contribution in [3.05, 3.63) is 100 Å². The minimum absolute atomic E-state index is 0.0154. The van der Waals surface area contributed by atoms with Gasteiger partial charge in [0.2, 0.25) is 5.75 Å². The summed E-state index contributed by atoms with van der Waals surface area (Å²) in [4.78, 5) is 27.8. The van der Waals surface area contributed by atoms with E-state index in [1.165, 1.54) is 33.0 Å². The lowest BCUT2D eigenvalue weighted by Crippen LogP contribution is -2.27. The van der Waals surface area contributed by atoms with Crippen molar-refractivity contribution < 1.29 is 28.5 Å². The number of hydrogen-bond donors (Lipinski definition) is 2. The van der Waals surface area contributed by atoms with Crippen LogP contribution in [0, 0.1) is 0 Å². The monoisotopic (exact) mass is 595 g/mol. The minimum Gasteiger partial charge on any atom is -0.493 e. The highest BCUT2D eigenvalue weighted by atomic mass is 16.5. The van der Waals surface area contributed by atoms with Crippen LogP contribution in [0.4, 0.5) is 11.4 Å². The number of hydrogen-bond acceptors (Lipinski definition) is 9. The largest absolute Gasteiger partial charge is 0.493 e. The molecule has 5 aromatic rings. The Labute approximate surface area is 254 Å². The van der Waals surface area contributed by atoms with Gasteiger partial charge in [0.05, 0.1) is 33.8 Å². The second-order valence-corrected chi connectivity index (χ2v) is 9.81. The fraction of sp³-hybridized carbons (Fsp3) is 0.176. The normalized spacial score (nSPS) is 10.8. The zero-order chi connectivity index (χ0) is 31.4. The van der Waals surface area contributed by atoms with Crippen molar-refractivity contribution in [2.24, 2.45) is 0 Å². The standard InChI is InChI=1S/C34H33N3O7/c1-36-23-8-6-7-20(15-23)19-44-25-13-14-26-27(18-25)33(38)37(24-11-9-22(35)10-12-24)31(34(39)43-5)30(26)21-16-28(40-2)32(42-4)29(17-21)41-3/h6-18,36H,19,35H2,1-5H3. The summed E-state index contributed by atoms with van der Waals surface area (Å²) in [7, 11) is 7.64. The first-order valence-electron chi connectivity index (χ1n) is 13.7. The number of rotatable bonds is 10. The van der Waals surface area contributed by atoms with Crippen molar-refractivity contribution in [1.29, 1.82) is 0 Å². The number of carbonyl (C=O) groups is 1. The van der Waals surface area contributed by atoms with Gasteiger partial charge in [-0.25, -0.2) is 4.79 Å². The smallest absolute Gasteiger partial charge is 0.355 e. The maximum absolute atomic E-state index is 14.3. The van der Waals surface area contributed by atoms with E-state index >= 15 is 0 Å². The summed E-state index contributed by atoms with van der Waals surface area (Å²) in [6, 6.07) is 23.1. The molecule has 0 aliphatic rings. The van der Waals surface area contributed by atoms with Crippen LogP contribution >= 0.6 is 0 Å². The van der Waals surface area contributed by atoms with Crippen LogP contribution in [0.5, 0.6) is 23.0 Å². The molecule has 1 aromatic heterocycles. The molecule has 0 fully saturated rings. The van der Waals surface area contributed by atoms with E-state index in [1.807, 2.05) is 31.3 Å². The van der Waals surface area contributed by atoms with Crippen molar-refractivity contribution >= 4 is 28.1 Å². The third-order valence-electron chi connectivity index (χ3n) is 7.26. The molecule has 10 nitrogen and oxygen atoms in total. The summed E-state index contributed by atoms with van der Waals surface area (Å²) in [5, 5.41) is 3.94. The van der Waals surface area contributed by atoms with Gasteiger partial charge in [-0.1, -0.05) is 12.1 Å². The molecule has 0 bridgehead atoms. The average molecular weight is 596 g/mol. The van der Waals surface area contributed by atoms with Gasteiger partial charge >= 0.3 is 5.97 Å². The second-order valence-electron chi connectivity index (χ2n) is 9.81. The number of carbonyl (C=O) groups excluding carboxylic acids is 1. The van der Waals surface area contributed by atoms with Gasteiger partial charge in [0.15, 0.2) is 11.5 Å². The molecule has 0 aliphatic carbocycles. The molecule has 0 atom stereocenters. The highest BCUT2D eigenvalue weighted by Crippen LogP contribution is 2.44. The summed E-state index contributed by atoms with van der Waals surface area (Å²) in [6.45, 7) is 0.285. The molecule has 10 heteroatoms. The topological polar surface area (TPSA) is 123 Å². The van der Waals surface area contributed by atoms with E-state index in [0.717, 1.165) is 11.3 Å². The van der Waals surface area contributed by atoms with Crippen LogP contribution in [0.15, 0.2) is 83.7 Å². The summed E-state index contributed by atoms with van der Waals surface area (Å²) in [5.41, 5.74) is 9.33. The molecular formula is C34H33N3O7. The van der Waals surface area contributed by atoms with E-state index in [-0.39, 0.29) is 12.3 Å². The maximum Gasteiger partial charge on any atom is 0.355 e. The molecule has 0 aliphatic heterocycles. The van der Waals surface area contributed by atoms with Gasteiger partial charge in [-0.3, -0.25) is 9.36 Å². The van der Waals surface area contributed by atoms with Crippen LogP contribution in [0.25, 0.3) is 27.6 Å². The number of benzene rings is 4. The minimum atomic E-state index is -0.714. The number of nitrogens with two attached hydrogens (primary N) is 1. The van der Waals surface area contributed by atoms with E-state index in [9.17, 15) is 9.59 Å². The molecule has 0 unspecified atom stereocenters. The van der Waals surface area contributed by atoms with E-state index in [0.29, 0.717) is 56.3 Å². The number of esters is 1. The molecule has 0 radical (unpaired) electrons. The van der Waals surface area contributed by atoms with Crippen LogP contribution in [-0.4, -0.2) is 46.0 Å². The molecule has 44 heavy (non-hydrogen) atoms. The van der Waals surface area contributed by atoms with Crippen molar-refractivity contribution in [3.8, 4) is 39.8 Å². The van der Waals surface area contributed by atoms with Crippen molar-refractivity contribution in [1.82, 2.24) is 4.57 Å². The highest BCUT2D eigenvalue weighted by molar-refractivity contribution is 6.08. The predicted octanol–water partition coefficient (Wildman–Crippen LogP) is 5.67. The van der Waals surface area contributed by atoms with Crippen molar-refractivity contribution in [3.63, 3.8) is 0 Å². The highest BCUT2D eigenvalue weighted by Gasteiger charge is 2.27. The number of anilines is 2. The Morgan fingerprint density at radius 1 is 0.841 bits per heavy atom. The molecule has 5 rings (SSSR count). The predicted molar refractivity (Wildman–Crippen MR) is 171 cm³/mol. The molecular weight excluding hydrogens is 562 g/mol. The number of fused-ring (bicyclic) bond motifs is 1. The SMILES string of the molecule is CNc1cccc(COc2ccc3c(-c4cc(OC)c(OC)c(OC)c4)c(C(=O)OC)n(-c4ccc(N)cc4)c(=O)c3c2)c1. The number of nitrogens with one attached hydrogen (secondary N) is 1. The fourth-order valence-electron chi connectivity index (χ4n) is 5.13. The van der Waals surface area contributed by atoms with E-state index in [1.54, 1.807) is 54.6 Å². The summed E-state index contributed by atoms with van der Waals surface area (Å²) < 4.78 is 29.4. The van der Waals surface area contributed by atoms with Gasteiger partial charge < -0.3 is 34.7 Å². The number of nitrogen functional groups attached to an aromatic ring is 1. The first-order valence-corrected chi connectivity index (χ1v) is 13.7. The Balaban J connectivity index is 1.81. The molecule has 3 N–H and O–H groups in total. The number of aromatic nitrogens is 1. The maximum atomic E-state index is 14.3. The van der Waals surface area contributed by atoms with Crippen LogP contribution in [0.1, 0.15) is 16.1 Å². The van der Waals surface area contributed by atoms with E-state index in [4.69, 9.17) is 29.4 Å². The molecule has 0 amide bonds. The van der Waals surface area contributed by atoms with Gasteiger partial charge in [0.1, 0.15) is 18.1 Å². The first-order chi connectivity index (χ1) is 21.3. The van der Waals surface area contributed by atoms with Gasteiger partial charge in [0.25, 0.3) is 5.56 Å². The third-order valence-corrected chi connectivity index (χ3v) is 7.26. The molecule has 0 saturated carbocycles. The van der Waals surface area contributed by atoms with Crippen LogP contribution in [0.2, 0.25) is 0 Å². The Hall–Kier alpha value is -5.64. The summed E-state index contributed by atoms with van der Waals surface area (Å²) in [5.74, 6) is 0.900.